The van der Waals surface area contributed by atoms with E-state index >= 15 is 0 Å². The highest BCUT2D eigenvalue weighted by Gasteiger charge is 2.37. The Morgan fingerprint density at radius 2 is 1.93 bits per heavy atom. The van der Waals surface area contributed by atoms with E-state index in [1.165, 1.54) is 0 Å². The zero-order valence-corrected chi connectivity index (χ0v) is 8.43. The van der Waals surface area contributed by atoms with Crippen molar-refractivity contribution in [3.8, 4) is 0 Å². The van der Waals surface area contributed by atoms with Crippen molar-refractivity contribution >= 4 is 11.9 Å². The molecular formula is C9H16N2O3. The van der Waals surface area contributed by atoms with Gasteiger partial charge in [-0.15, -0.1) is 0 Å². The number of rotatable bonds is 4. The molecule has 14 heavy (non-hydrogen) atoms. The second kappa shape index (κ2) is 3.96. The van der Waals surface area contributed by atoms with Crippen LogP contribution in [0.25, 0.3) is 0 Å². The summed E-state index contributed by atoms with van der Waals surface area (Å²) < 4.78 is 0. The second-order valence-electron chi connectivity index (χ2n) is 3.92. The summed E-state index contributed by atoms with van der Waals surface area (Å²) in [6.45, 7) is 4.73. The minimum atomic E-state index is -0.777. The van der Waals surface area contributed by atoms with Crippen LogP contribution in [0.4, 0.5) is 0 Å². The van der Waals surface area contributed by atoms with Gasteiger partial charge in [-0.25, -0.2) is 0 Å². The molecule has 3 N–H and O–H groups in total. The molecule has 0 radical (unpaired) electrons. The quantitative estimate of drug-likeness (QED) is 0.641. The molecule has 0 aromatic heterocycles. The number of nitrogens with two attached hydrogens (primary N) is 1. The third-order valence-electron chi connectivity index (χ3n) is 2.99. The molecule has 1 heterocycles. The first kappa shape index (κ1) is 11.0. The summed E-state index contributed by atoms with van der Waals surface area (Å²) in [6, 6.07) is -0.285. The summed E-state index contributed by atoms with van der Waals surface area (Å²) in [5.41, 5.74) is 5.13. The van der Waals surface area contributed by atoms with Gasteiger partial charge in [-0.2, -0.15) is 0 Å². The molecule has 2 atom stereocenters. The number of carbonyl (C=O) groups is 2. The molecule has 0 saturated carbocycles. The lowest BCUT2D eigenvalue weighted by molar-refractivity contribution is -0.146. The lowest BCUT2D eigenvalue weighted by atomic mass is 9.86. The Hall–Kier alpha value is -1.10. The molecule has 0 aromatic rings. The summed E-state index contributed by atoms with van der Waals surface area (Å²) in [4.78, 5) is 23.3. The summed E-state index contributed by atoms with van der Waals surface area (Å²) in [5, 5.41) is 8.74. The van der Waals surface area contributed by atoms with Gasteiger partial charge in [0.1, 0.15) is 0 Å². The van der Waals surface area contributed by atoms with Gasteiger partial charge in [0.15, 0.2) is 0 Å². The first-order valence-corrected chi connectivity index (χ1v) is 4.69. The molecule has 1 rings (SSSR count). The number of hydrogen-bond acceptors (Lipinski definition) is 3. The number of carboxylic acids is 1. The zero-order valence-electron chi connectivity index (χ0n) is 8.43. The number of primary amides is 1. The Kier molecular flexibility index (Phi) is 3.10. The fourth-order valence-corrected chi connectivity index (χ4v) is 1.56. The van der Waals surface area contributed by atoms with Crippen molar-refractivity contribution in [2.45, 2.75) is 19.9 Å². The zero-order chi connectivity index (χ0) is 10.9. The van der Waals surface area contributed by atoms with E-state index in [9.17, 15) is 9.59 Å². The highest BCUT2D eigenvalue weighted by molar-refractivity contribution is 5.79. The van der Waals surface area contributed by atoms with Crippen LogP contribution in [0, 0.1) is 11.8 Å². The fraction of sp³-hybridized carbons (Fsp3) is 0.778. The molecule has 2 unspecified atom stereocenters. The van der Waals surface area contributed by atoms with Gasteiger partial charge in [0, 0.05) is 13.1 Å². The molecule has 80 valence electrons. The lowest BCUT2D eigenvalue weighted by Crippen LogP contribution is -2.57. The maximum absolute atomic E-state index is 10.8. The molecule has 0 aliphatic carbocycles. The number of aliphatic carboxylic acids is 1. The third kappa shape index (κ3) is 2.04. The molecule has 1 aliphatic rings. The van der Waals surface area contributed by atoms with Crippen molar-refractivity contribution in [2.24, 2.45) is 17.6 Å². The van der Waals surface area contributed by atoms with E-state index in [1.807, 2.05) is 4.90 Å². The molecule has 5 nitrogen and oxygen atoms in total. The summed E-state index contributed by atoms with van der Waals surface area (Å²) in [6.07, 6.45) is 0. The van der Waals surface area contributed by atoms with E-state index in [-0.39, 0.29) is 23.8 Å². The van der Waals surface area contributed by atoms with Gasteiger partial charge < -0.3 is 10.8 Å². The molecule has 1 saturated heterocycles. The van der Waals surface area contributed by atoms with Crippen molar-refractivity contribution in [3.05, 3.63) is 0 Å². The highest BCUT2D eigenvalue weighted by atomic mass is 16.4. The van der Waals surface area contributed by atoms with Crippen LogP contribution in [-0.4, -0.2) is 41.0 Å². The Balaban J connectivity index is 2.37. The van der Waals surface area contributed by atoms with Gasteiger partial charge in [0.05, 0.1) is 12.0 Å². The Bertz CT molecular complexity index is 224. The summed E-state index contributed by atoms with van der Waals surface area (Å²) in [7, 11) is 0. The molecule has 0 aromatic carbocycles. The van der Waals surface area contributed by atoms with Crippen LogP contribution in [-0.2, 0) is 9.59 Å². The number of carboxylic acid groups (broad SMARTS) is 1. The van der Waals surface area contributed by atoms with Crippen LogP contribution in [0.15, 0.2) is 0 Å². The molecule has 5 heteroatoms. The summed E-state index contributed by atoms with van der Waals surface area (Å²) in [5.74, 6) is -1.33. The van der Waals surface area contributed by atoms with E-state index in [1.54, 1.807) is 13.8 Å². The number of likely N-dealkylation sites (tertiary alicyclic amines) is 1. The largest absolute Gasteiger partial charge is 0.481 e. The number of amides is 1. The van der Waals surface area contributed by atoms with Crippen molar-refractivity contribution < 1.29 is 14.7 Å². The first-order chi connectivity index (χ1) is 6.43. The van der Waals surface area contributed by atoms with Crippen LogP contribution in [0.5, 0.6) is 0 Å². The number of carbonyl (C=O) groups excluding carboxylic acids is 1. The van der Waals surface area contributed by atoms with Gasteiger partial charge in [-0.3, -0.25) is 14.5 Å². The Morgan fingerprint density at radius 3 is 2.29 bits per heavy atom. The Morgan fingerprint density at radius 1 is 1.43 bits per heavy atom. The molecule has 0 bridgehead atoms. The second-order valence-corrected chi connectivity index (χ2v) is 3.92. The van der Waals surface area contributed by atoms with Crippen LogP contribution < -0.4 is 5.73 Å². The van der Waals surface area contributed by atoms with E-state index in [0.717, 1.165) is 0 Å². The maximum Gasteiger partial charge on any atom is 0.306 e. The standard InChI is InChI=1S/C9H16N2O3/c1-5(9(13)14)7-3-11(4-7)6(2)8(10)12/h5-7H,3-4H2,1-2H3,(H2,10,12)(H,13,14). The van der Waals surface area contributed by atoms with Crippen molar-refractivity contribution in [1.82, 2.24) is 4.90 Å². The van der Waals surface area contributed by atoms with Crippen LogP contribution in [0.1, 0.15) is 13.8 Å². The third-order valence-corrected chi connectivity index (χ3v) is 2.99. The van der Waals surface area contributed by atoms with Crippen molar-refractivity contribution in [1.29, 1.82) is 0 Å². The lowest BCUT2D eigenvalue weighted by Gasteiger charge is -2.43. The van der Waals surface area contributed by atoms with Gasteiger partial charge in [-0.1, -0.05) is 6.92 Å². The Labute approximate surface area is 82.9 Å². The minimum Gasteiger partial charge on any atom is -0.481 e. The fourth-order valence-electron chi connectivity index (χ4n) is 1.56. The predicted octanol–water partition coefficient (Wildman–Crippen LogP) is -0.487. The van der Waals surface area contributed by atoms with Crippen molar-refractivity contribution in [3.63, 3.8) is 0 Å². The van der Waals surface area contributed by atoms with Gasteiger partial charge in [0.2, 0.25) is 5.91 Å². The van der Waals surface area contributed by atoms with Crippen LogP contribution >= 0.6 is 0 Å². The first-order valence-electron chi connectivity index (χ1n) is 4.69. The van der Waals surface area contributed by atoms with Crippen molar-refractivity contribution in [2.75, 3.05) is 13.1 Å². The van der Waals surface area contributed by atoms with Crippen LogP contribution in [0.2, 0.25) is 0 Å². The predicted molar refractivity (Wildman–Crippen MR) is 50.5 cm³/mol. The van der Waals surface area contributed by atoms with Crippen LogP contribution in [0.3, 0.4) is 0 Å². The van der Waals surface area contributed by atoms with E-state index in [2.05, 4.69) is 0 Å². The van der Waals surface area contributed by atoms with E-state index < -0.39 is 5.97 Å². The van der Waals surface area contributed by atoms with Gasteiger partial charge >= 0.3 is 5.97 Å². The molecular weight excluding hydrogens is 184 g/mol. The smallest absolute Gasteiger partial charge is 0.306 e. The topological polar surface area (TPSA) is 83.6 Å². The normalized spacial score (nSPS) is 22.4. The molecule has 0 spiro atoms. The highest BCUT2D eigenvalue weighted by Crippen LogP contribution is 2.25. The minimum absolute atomic E-state index is 0.147. The average Bonchev–Trinajstić information content (AvgIpc) is 2.00. The maximum atomic E-state index is 10.8. The SMILES string of the molecule is CC(C(=O)O)C1CN(C(C)C(N)=O)C1. The molecule has 1 fully saturated rings. The van der Waals surface area contributed by atoms with Gasteiger partial charge in [-0.05, 0) is 12.8 Å². The molecule has 1 aliphatic heterocycles. The van der Waals surface area contributed by atoms with E-state index in [0.29, 0.717) is 13.1 Å². The summed E-state index contributed by atoms with van der Waals surface area (Å²) >= 11 is 0. The average molecular weight is 200 g/mol. The molecule has 1 amide bonds. The number of nitrogens with zero attached hydrogens (tertiary/aromatic N) is 1. The monoisotopic (exact) mass is 200 g/mol. The number of hydrogen-bond donors (Lipinski definition) is 2. The van der Waals surface area contributed by atoms with E-state index in [4.69, 9.17) is 10.8 Å². The van der Waals surface area contributed by atoms with Gasteiger partial charge in [0.25, 0.3) is 0 Å².